The third kappa shape index (κ3) is 10.6. The fraction of sp³-hybridized carbons (Fsp3) is 0.500. The summed E-state index contributed by atoms with van der Waals surface area (Å²) in [5.41, 5.74) is 17.3. The van der Waals surface area contributed by atoms with E-state index in [9.17, 15) is 22.8 Å². The molecule has 14 nitrogen and oxygen atoms in total. The minimum absolute atomic E-state index is 0.00762. The molecule has 224 valence electrons. The van der Waals surface area contributed by atoms with E-state index in [2.05, 4.69) is 25.3 Å². The number of nitrogens with one attached hydrogen (secondary N) is 3. The van der Waals surface area contributed by atoms with Crippen molar-refractivity contribution in [2.45, 2.75) is 62.4 Å². The molecular weight excluding hydrogens is 552 g/mol. The molecule has 9 N–H and O–H groups in total. The van der Waals surface area contributed by atoms with Crippen LogP contribution in [0.2, 0.25) is 0 Å². The quantitative estimate of drug-likeness (QED) is 0.0673. The maximum Gasteiger partial charge on any atom is 0.265 e. The maximum absolute atomic E-state index is 13.3. The number of nitrogens with zero attached hydrogens (tertiary/aromatic N) is 2. The first-order valence-electron chi connectivity index (χ1n) is 13.4. The van der Waals surface area contributed by atoms with Gasteiger partial charge in [0.2, 0.25) is 27.6 Å². The van der Waals surface area contributed by atoms with Gasteiger partial charge in [0, 0.05) is 12.6 Å². The van der Waals surface area contributed by atoms with Gasteiger partial charge < -0.3 is 32.3 Å². The van der Waals surface area contributed by atoms with E-state index >= 15 is 0 Å². The second kappa shape index (κ2) is 15.3. The Morgan fingerprint density at radius 2 is 1.80 bits per heavy atom. The minimum Gasteiger partial charge on any atom is -0.442 e. The van der Waals surface area contributed by atoms with Gasteiger partial charge in [-0.25, -0.2) is 18.1 Å². The summed E-state index contributed by atoms with van der Waals surface area (Å²) in [5.74, 6) is -2.70. The molecule has 0 radical (unpaired) electrons. The first-order chi connectivity index (χ1) is 19.5. The monoisotopic (exact) mass is 590 g/mol. The zero-order valence-electron chi connectivity index (χ0n) is 22.7. The molecule has 2 amide bonds. The third-order valence-corrected chi connectivity index (χ3v) is 8.07. The van der Waals surface area contributed by atoms with E-state index < -0.39 is 46.2 Å². The summed E-state index contributed by atoms with van der Waals surface area (Å²) in [4.78, 5) is 46.6. The highest BCUT2D eigenvalue weighted by molar-refractivity contribution is 7.88. The number of hydrogen-bond acceptors (Lipinski definition) is 9. The van der Waals surface area contributed by atoms with Crippen LogP contribution in [-0.2, 0) is 25.4 Å². The van der Waals surface area contributed by atoms with E-state index in [0.717, 1.165) is 0 Å². The Bertz CT molecular complexity index is 1270. The lowest BCUT2D eigenvalue weighted by atomic mass is 9.82. The molecule has 0 aliphatic heterocycles. The van der Waals surface area contributed by atoms with Crippen LogP contribution < -0.4 is 32.6 Å². The number of carbonyl (C=O) groups is 3. The van der Waals surface area contributed by atoms with Crippen molar-refractivity contribution in [3.8, 4) is 0 Å². The maximum atomic E-state index is 13.3. The lowest BCUT2D eigenvalue weighted by molar-refractivity contribution is -0.128. The molecule has 2 atom stereocenters. The van der Waals surface area contributed by atoms with Crippen molar-refractivity contribution in [3.05, 3.63) is 54.2 Å². The van der Waals surface area contributed by atoms with Gasteiger partial charge >= 0.3 is 0 Å². The second-order valence-corrected chi connectivity index (χ2v) is 11.8. The molecule has 1 fully saturated rings. The molecule has 2 aromatic rings. The number of benzene rings is 1. The summed E-state index contributed by atoms with van der Waals surface area (Å²) in [6.07, 6.45) is 5.52. The predicted molar refractivity (Wildman–Crippen MR) is 152 cm³/mol. The third-order valence-electron chi connectivity index (χ3n) is 6.74. The van der Waals surface area contributed by atoms with Gasteiger partial charge in [-0.05, 0) is 50.0 Å². The number of aromatic nitrogens is 1. The number of carbonyl (C=O) groups excluding carboxylic acids is 3. The van der Waals surface area contributed by atoms with Crippen LogP contribution in [0.1, 0.15) is 54.8 Å². The van der Waals surface area contributed by atoms with Crippen molar-refractivity contribution in [3.63, 3.8) is 0 Å². The molecule has 1 aliphatic carbocycles. The smallest absolute Gasteiger partial charge is 0.265 e. The van der Waals surface area contributed by atoms with Gasteiger partial charge in [-0.15, -0.1) is 0 Å². The van der Waals surface area contributed by atoms with Crippen LogP contribution >= 0.6 is 0 Å². The number of guanidine groups is 1. The van der Waals surface area contributed by atoms with Crippen molar-refractivity contribution in [1.29, 1.82) is 0 Å². The van der Waals surface area contributed by atoms with E-state index in [1.165, 1.54) is 12.5 Å². The fourth-order valence-electron chi connectivity index (χ4n) is 4.66. The fourth-order valence-corrected chi connectivity index (χ4v) is 6.06. The Morgan fingerprint density at radius 1 is 1.10 bits per heavy atom. The molecule has 0 spiro atoms. The Labute approximate surface area is 239 Å². The van der Waals surface area contributed by atoms with Crippen molar-refractivity contribution in [2.24, 2.45) is 28.1 Å². The lowest BCUT2D eigenvalue weighted by Crippen LogP contribution is -2.54. The average molecular weight is 591 g/mol. The SMILES string of the molecule is NC(N)=NCCC[C@H](NC(=O)CNC(=O)[C@H](NS(=O)(=O)Cc1ccccc1)C1CCC(N)CC1)C(=O)c1ncco1. The molecule has 1 heterocycles. The Balaban J connectivity index is 1.64. The molecule has 41 heavy (non-hydrogen) atoms. The van der Waals surface area contributed by atoms with E-state index in [-0.39, 0.29) is 42.5 Å². The normalized spacial score (nSPS) is 18.6. The van der Waals surface area contributed by atoms with Crippen molar-refractivity contribution >= 4 is 33.6 Å². The van der Waals surface area contributed by atoms with Crippen LogP contribution in [0, 0.1) is 5.92 Å². The van der Waals surface area contributed by atoms with E-state index in [4.69, 9.17) is 21.6 Å². The van der Waals surface area contributed by atoms with Crippen LogP contribution in [-0.4, -0.2) is 68.2 Å². The van der Waals surface area contributed by atoms with Gasteiger partial charge in [0.1, 0.15) is 12.3 Å². The minimum atomic E-state index is -3.89. The Hall–Kier alpha value is -3.82. The molecule has 0 saturated heterocycles. The second-order valence-electron chi connectivity index (χ2n) is 10.0. The number of ketones is 1. The summed E-state index contributed by atoms with van der Waals surface area (Å²) in [5, 5.41) is 5.11. The number of Topliss-reactive ketones (excluding diaryl/α,β-unsaturated/α-hetero) is 1. The number of aliphatic imine (C=N–C) groups is 1. The first kappa shape index (κ1) is 31.7. The van der Waals surface area contributed by atoms with Gasteiger partial charge in [0.25, 0.3) is 5.89 Å². The molecular formula is C26H38N8O6S. The summed E-state index contributed by atoms with van der Waals surface area (Å²) < 4.78 is 33.6. The summed E-state index contributed by atoms with van der Waals surface area (Å²) in [6, 6.07) is 6.52. The molecule has 1 aliphatic rings. The zero-order valence-corrected chi connectivity index (χ0v) is 23.5. The molecule has 0 bridgehead atoms. The van der Waals surface area contributed by atoms with E-state index in [1.54, 1.807) is 30.3 Å². The average Bonchev–Trinajstić information content (AvgIpc) is 3.48. The van der Waals surface area contributed by atoms with Crippen molar-refractivity contribution in [1.82, 2.24) is 20.3 Å². The van der Waals surface area contributed by atoms with Crippen molar-refractivity contribution < 1.29 is 27.2 Å². The Morgan fingerprint density at radius 3 is 2.44 bits per heavy atom. The number of oxazole rings is 1. The van der Waals surface area contributed by atoms with Crippen LogP contribution in [0.15, 0.2) is 52.2 Å². The standard InChI is InChI=1S/C26H38N8O6S/c27-19-10-8-18(9-11-19)22(34-41(38,39)16-17-5-2-1-3-6-17)24(37)32-15-21(35)33-20(7-4-12-31-26(28)29)23(36)25-30-13-14-40-25/h1-3,5-6,13-14,18-20,22,34H,4,7-12,15-16,27H2,(H,32,37)(H,33,35)(H4,28,29,31)/t18?,19?,20-,22+/m0/s1. The molecule has 3 rings (SSSR count). The molecule has 1 aromatic heterocycles. The van der Waals surface area contributed by atoms with E-state index in [0.29, 0.717) is 37.7 Å². The predicted octanol–water partition coefficient (Wildman–Crippen LogP) is -0.482. The highest BCUT2D eigenvalue weighted by atomic mass is 32.2. The first-order valence-corrected chi connectivity index (χ1v) is 15.0. The zero-order chi connectivity index (χ0) is 29.8. The highest BCUT2D eigenvalue weighted by Crippen LogP contribution is 2.27. The number of sulfonamides is 1. The van der Waals surface area contributed by atoms with Gasteiger partial charge in [-0.2, -0.15) is 0 Å². The lowest BCUT2D eigenvalue weighted by Gasteiger charge is -2.32. The van der Waals surface area contributed by atoms with Gasteiger partial charge in [-0.3, -0.25) is 19.4 Å². The van der Waals surface area contributed by atoms with Gasteiger partial charge in [0.15, 0.2) is 5.96 Å². The van der Waals surface area contributed by atoms with E-state index in [1.807, 2.05) is 0 Å². The highest BCUT2D eigenvalue weighted by Gasteiger charge is 2.35. The summed E-state index contributed by atoms with van der Waals surface area (Å²) >= 11 is 0. The van der Waals surface area contributed by atoms with Crippen LogP contribution in [0.3, 0.4) is 0 Å². The molecule has 0 unspecified atom stereocenters. The van der Waals surface area contributed by atoms with Crippen LogP contribution in [0.25, 0.3) is 0 Å². The van der Waals surface area contributed by atoms with Gasteiger partial charge in [-0.1, -0.05) is 30.3 Å². The van der Waals surface area contributed by atoms with Crippen molar-refractivity contribution in [2.75, 3.05) is 13.1 Å². The molecule has 15 heteroatoms. The molecule has 1 aromatic carbocycles. The van der Waals surface area contributed by atoms with Crippen LogP contribution in [0.5, 0.6) is 0 Å². The summed E-state index contributed by atoms with van der Waals surface area (Å²) in [6.45, 7) is -0.245. The number of nitrogens with two attached hydrogens (primary N) is 3. The van der Waals surface area contributed by atoms with Crippen LogP contribution in [0.4, 0.5) is 0 Å². The molecule has 1 saturated carbocycles. The topological polar surface area (TPSA) is 238 Å². The van der Waals surface area contributed by atoms with Gasteiger partial charge in [0.05, 0.1) is 24.5 Å². The number of rotatable bonds is 15. The number of hydrogen-bond donors (Lipinski definition) is 6. The summed E-state index contributed by atoms with van der Waals surface area (Å²) in [7, 11) is -3.89. The number of amides is 2. The largest absolute Gasteiger partial charge is 0.442 e. The Kier molecular flexibility index (Phi) is 11.8.